The van der Waals surface area contributed by atoms with Crippen LogP contribution >= 0.6 is 0 Å². The van der Waals surface area contributed by atoms with Crippen molar-refractivity contribution in [3.8, 4) is 5.88 Å². The van der Waals surface area contributed by atoms with Gasteiger partial charge in [-0.05, 0) is 24.6 Å². The average Bonchev–Trinajstić information content (AvgIpc) is 2.83. The standard InChI is InChI=1S/C24H29F3N4O3/c1-2-3-4-7-12-28-23(33)34-21-11-10-18(17-29-21)30-13-15-31(16-14-30)22(32)19-8-5-6-9-20(19)24(25,26)27/h5-6,8-11,17H,2-4,7,12-16H2,1H3,(H,28,33). The molecular weight excluding hydrogens is 449 g/mol. The van der Waals surface area contributed by atoms with Crippen LogP contribution in [-0.2, 0) is 6.18 Å². The van der Waals surface area contributed by atoms with Crippen molar-refractivity contribution in [3.63, 3.8) is 0 Å². The monoisotopic (exact) mass is 478 g/mol. The van der Waals surface area contributed by atoms with Crippen molar-refractivity contribution in [2.75, 3.05) is 37.6 Å². The van der Waals surface area contributed by atoms with Crippen molar-refractivity contribution in [1.82, 2.24) is 15.2 Å². The van der Waals surface area contributed by atoms with Crippen molar-refractivity contribution >= 4 is 17.7 Å². The maximum absolute atomic E-state index is 13.3. The third-order valence-corrected chi connectivity index (χ3v) is 5.61. The molecule has 0 radical (unpaired) electrons. The summed E-state index contributed by atoms with van der Waals surface area (Å²) in [6.45, 7) is 4.12. The lowest BCUT2D eigenvalue weighted by atomic mass is 10.1. The normalized spacial score (nSPS) is 14.1. The summed E-state index contributed by atoms with van der Waals surface area (Å²) in [4.78, 5) is 32.1. The molecule has 34 heavy (non-hydrogen) atoms. The van der Waals surface area contributed by atoms with Gasteiger partial charge in [0.1, 0.15) is 0 Å². The second-order valence-corrected chi connectivity index (χ2v) is 8.05. The van der Waals surface area contributed by atoms with Gasteiger partial charge in [-0.3, -0.25) is 4.79 Å². The Kier molecular flexibility index (Phi) is 8.72. The lowest BCUT2D eigenvalue weighted by molar-refractivity contribution is -0.138. The van der Waals surface area contributed by atoms with Crippen molar-refractivity contribution in [3.05, 3.63) is 53.7 Å². The highest BCUT2D eigenvalue weighted by atomic mass is 19.4. The number of carbonyl (C=O) groups excluding carboxylic acids is 2. The molecule has 1 N–H and O–H groups in total. The van der Waals surface area contributed by atoms with Crippen LogP contribution in [0.25, 0.3) is 0 Å². The largest absolute Gasteiger partial charge is 0.417 e. The molecule has 1 aliphatic rings. The van der Waals surface area contributed by atoms with Crippen LogP contribution in [0.2, 0.25) is 0 Å². The number of halogens is 3. The molecule has 7 nitrogen and oxygen atoms in total. The van der Waals surface area contributed by atoms with Crippen LogP contribution in [0.5, 0.6) is 5.88 Å². The molecule has 2 amide bonds. The number of rotatable bonds is 8. The predicted octanol–water partition coefficient (Wildman–Crippen LogP) is 4.73. The smallest absolute Gasteiger partial charge is 0.391 e. The molecule has 0 aliphatic carbocycles. The Balaban J connectivity index is 1.50. The molecular formula is C24H29F3N4O3. The van der Waals surface area contributed by atoms with Crippen LogP contribution in [0.4, 0.5) is 23.7 Å². The zero-order valence-corrected chi connectivity index (χ0v) is 19.1. The third kappa shape index (κ3) is 6.85. The number of amides is 2. The Hall–Kier alpha value is -3.30. The molecule has 184 valence electrons. The summed E-state index contributed by atoms with van der Waals surface area (Å²) in [5.41, 5.74) is -0.488. The van der Waals surface area contributed by atoms with E-state index in [4.69, 9.17) is 4.74 Å². The SMILES string of the molecule is CCCCCCNC(=O)Oc1ccc(N2CCN(C(=O)c3ccccc3C(F)(F)F)CC2)cn1. The molecule has 1 saturated heterocycles. The number of ether oxygens (including phenoxy) is 1. The third-order valence-electron chi connectivity index (χ3n) is 5.61. The number of alkyl halides is 3. The van der Waals surface area contributed by atoms with Crippen LogP contribution < -0.4 is 15.0 Å². The molecule has 3 rings (SSSR count). The number of hydrogen-bond acceptors (Lipinski definition) is 5. The van der Waals surface area contributed by atoms with E-state index in [1.165, 1.54) is 23.1 Å². The van der Waals surface area contributed by atoms with Gasteiger partial charge in [-0.15, -0.1) is 0 Å². The molecule has 0 atom stereocenters. The van der Waals surface area contributed by atoms with Gasteiger partial charge >= 0.3 is 12.3 Å². The Morgan fingerprint density at radius 2 is 1.76 bits per heavy atom. The minimum Gasteiger partial charge on any atom is -0.391 e. The summed E-state index contributed by atoms with van der Waals surface area (Å²) in [6.07, 6.45) is 0.628. The van der Waals surface area contributed by atoms with Crippen LogP contribution in [0, 0.1) is 0 Å². The van der Waals surface area contributed by atoms with Crippen molar-refractivity contribution in [1.29, 1.82) is 0 Å². The van der Waals surface area contributed by atoms with Gasteiger partial charge in [0, 0.05) is 38.8 Å². The number of benzene rings is 1. The van der Waals surface area contributed by atoms with Gasteiger partial charge in [0.15, 0.2) is 0 Å². The summed E-state index contributed by atoms with van der Waals surface area (Å²) in [5.74, 6) is -0.456. The molecule has 1 aromatic heterocycles. The number of pyridine rings is 1. The van der Waals surface area contributed by atoms with E-state index in [0.717, 1.165) is 37.4 Å². The van der Waals surface area contributed by atoms with Crippen LogP contribution in [0.1, 0.15) is 48.5 Å². The highest BCUT2D eigenvalue weighted by Crippen LogP contribution is 2.32. The highest BCUT2D eigenvalue weighted by Gasteiger charge is 2.36. The fourth-order valence-corrected chi connectivity index (χ4v) is 3.75. The molecule has 10 heteroatoms. The van der Waals surface area contributed by atoms with Crippen LogP contribution in [-0.4, -0.2) is 54.6 Å². The van der Waals surface area contributed by atoms with E-state index in [1.54, 1.807) is 18.3 Å². The molecule has 1 fully saturated rings. The topological polar surface area (TPSA) is 74.8 Å². The summed E-state index contributed by atoms with van der Waals surface area (Å²) in [6, 6.07) is 8.18. The summed E-state index contributed by atoms with van der Waals surface area (Å²) in [7, 11) is 0. The van der Waals surface area contributed by atoms with Gasteiger partial charge in [-0.1, -0.05) is 38.3 Å². The summed E-state index contributed by atoms with van der Waals surface area (Å²) in [5, 5.41) is 2.69. The first-order chi connectivity index (χ1) is 16.3. The van der Waals surface area contributed by atoms with E-state index in [1.807, 2.05) is 4.90 Å². The Morgan fingerprint density at radius 3 is 2.41 bits per heavy atom. The second-order valence-electron chi connectivity index (χ2n) is 8.05. The number of aromatic nitrogens is 1. The van der Waals surface area contributed by atoms with E-state index in [-0.39, 0.29) is 24.5 Å². The number of nitrogens with zero attached hydrogens (tertiary/aromatic N) is 3. The molecule has 1 aliphatic heterocycles. The van der Waals surface area contributed by atoms with Gasteiger partial charge in [-0.25, -0.2) is 9.78 Å². The van der Waals surface area contributed by atoms with Gasteiger partial charge in [-0.2, -0.15) is 13.2 Å². The predicted molar refractivity (Wildman–Crippen MR) is 122 cm³/mol. The number of anilines is 1. The maximum atomic E-state index is 13.3. The fourth-order valence-electron chi connectivity index (χ4n) is 3.75. The maximum Gasteiger partial charge on any atom is 0.417 e. The Bertz CT molecular complexity index is 959. The first kappa shape index (κ1) is 25.3. The van der Waals surface area contributed by atoms with E-state index < -0.39 is 23.7 Å². The number of hydrogen-bond donors (Lipinski definition) is 1. The number of nitrogens with one attached hydrogen (secondary N) is 1. The molecule has 1 aromatic carbocycles. The molecule has 0 spiro atoms. The average molecular weight is 479 g/mol. The van der Waals surface area contributed by atoms with E-state index in [2.05, 4.69) is 17.2 Å². The molecule has 0 unspecified atom stereocenters. The minimum absolute atomic E-state index is 0.173. The van der Waals surface area contributed by atoms with Crippen LogP contribution in [0.3, 0.4) is 0 Å². The van der Waals surface area contributed by atoms with Crippen LogP contribution in [0.15, 0.2) is 42.6 Å². The molecule has 2 aromatic rings. The lowest BCUT2D eigenvalue weighted by Gasteiger charge is -2.36. The quantitative estimate of drug-likeness (QED) is 0.555. The van der Waals surface area contributed by atoms with E-state index >= 15 is 0 Å². The van der Waals surface area contributed by atoms with Gasteiger partial charge in [0.2, 0.25) is 5.88 Å². The van der Waals surface area contributed by atoms with Crippen molar-refractivity contribution in [2.45, 2.75) is 38.8 Å². The minimum atomic E-state index is -4.59. The van der Waals surface area contributed by atoms with Crippen molar-refractivity contribution in [2.24, 2.45) is 0 Å². The number of carbonyl (C=O) groups is 2. The van der Waals surface area contributed by atoms with Gasteiger partial charge in [0.25, 0.3) is 5.91 Å². The highest BCUT2D eigenvalue weighted by molar-refractivity contribution is 5.96. The zero-order valence-electron chi connectivity index (χ0n) is 19.1. The van der Waals surface area contributed by atoms with Gasteiger partial charge in [0.05, 0.1) is 23.0 Å². The fraction of sp³-hybridized carbons (Fsp3) is 0.458. The first-order valence-electron chi connectivity index (χ1n) is 11.4. The lowest BCUT2D eigenvalue weighted by Crippen LogP contribution is -2.49. The number of unbranched alkanes of at least 4 members (excludes halogenated alkanes) is 3. The molecule has 2 heterocycles. The Labute approximate surface area is 196 Å². The second kappa shape index (κ2) is 11.7. The Morgan fingerprint density at radius 1 is 1.03 bits per heavy atom. The van der Waals surface area contributed by atoms with Gasteiger partial charge < -0.3 is 19.9 Å². The zero-order chi connectivity index (χ0) is 24.6. The molecule has 0 saturated carbocycles. The van der Waals surface area contributed by atoms with E-state index in [9.17, 15) is 22.8 Å². The van der Waals surface area contributed by atoms with E-state index in [0.29, 0.717) is 19.6 Å². The summed E-state index contributed by atoms with van der Waals surface area (Å²) >= 11 is 0. The number of piperazine rings is 1. The molecule has 0 bridgehead atoms. The first-order valence-corrected chi connectivity index (χ1v) is 11.4. The summed E-state index contributed by atoms with van der Waals surface area (Å²) < 4.78 is 44.9. The van der Waals surface area contributed by atoms with Crippen molar-refractivity contribution < 1.29 is 27.5 Å².